The molecule has 8 bridgehead atoms. The molecule has 0 spiro atoms. The lowest BCUT2D eigenvalue weighted by Crippen LogP contribution is -2.18. The van der Waals surface area contributed by atoms with Gasteiger partial charge in [0.2, 0.25) is 0 Å². The zero-order valence-electron chi connectivity index (χ0n) is 29.9. The van der Waals surface area contributed by atoms with Crippen molar-refractivity contribution in [2.45, 2.75) is 79.9 Å². The summed E-state index contributed by atoms with van der Waals surface area (Å²) in [7, 11) is 1.53. The second kappa shape index (κ2) is 14.2. The number of aliphatic hydroxyl groups is 1. The second-order valence-corrected chi connectivity index (χ2v) is 15.0. The average molecular weight is 785 g/mol. The molecular formula is C41H45IN4O4. The summed E-state index contributed by atoms with van der Waals surface area (Å²) < 4.78 is 7.75. The van der Waals surface area contributed by atoms with Crippen molar-refractivity contribution in [3.05, 3.63) is 125 Å². The van der Waals surface area contributed by atoms with Crippen LogP contribution in [0.5, 0.6) is 0 Å². The fraction of sp³-hybridized carbons (Fsp3) is 0.390. The first-order chi connectivity index (χ1) is 24.1. The fourth-order valence-corrected chi connectivity index (χ4v) is 8.58. The Hall–Kier alpha value is -3.64. The summed E-state index contributed by atoms with van der Waals surface area (Å²) >= 11 is 2.34. The topological polar surface area (TPSA) is 97.0 Å². The van der Waals surface area contributed by atoms with Gasteiger partial charge in [-0.25, -0.2) is 24.8 Å². The molecule has 1 saturated heterocycles. The Morgan fingerprint density at radius 2 is 1.84 bits per heavy atom. The Balaban J connectivity index is 1.38. The van der Waals surface area contributed by atoms with E-state index in [1.807, 2.05) is 0 Å². The van der Waals surface area contributed by atoms with Crippen molar-refractivity contribution >= 4 is 39.7 Å². The summed E-state index contributed by atoms with van der Waals surface area (Å²) in [6.45, 7) is 14.0. The predicted octanol–water partition coefficient (Wildman–Crippen LogP) is 9.23. The molecule has 1 aliphatic carbocycles. The molecule has 2 N–H and O–H groups in total. The minimum Gasteiger partial charge on any atom is -0.511 e. The minimum atomic E-state index is -0.189. The monoisotopic (exact) mass is 784 g/mol. The van der Waals surface area contributed by atoms with Crippen molar-refractivity contribution in [2.75, 3.05) is 13.7 Å². The number of allylic oxidation sites excluding steroid dienone is 11. The van der Waals surface area contributed by atoms with E-state index in [4.69, 9.17) is 29.5 Å². The number of ether oxygens (including phenoxy) is 1. The van der Waals surface area contributed by atoms with Crippen LogP contribution in [0.3, 0.4) is 0 Å². The van der Waals surface area contributed by atoms with E-state index in [0.717, 1.165) is 109 Å². The smallest absolute Gasteiger partial charge is 0.106 e. The molecule has 0 aromatic heterocycles. The van der Waals surface area contributed by atoms with E-state index in [1.54, 1.807) is 0 Å². The van der Waals surface area contributed by atoms with E-state index in [1.165, 1.54) is 10.7 Å². The lowest BCUT2D eigenvalue weighted by atomic mass is 9.89. The molecule has 1 aromatic rings. The van der Waals surface area contributed by atoms with Crippen LogP contribution >= 0.6 is 22.6 Å². The van der Waals surface area contributed by atoms with Crippen LogP contribution in [-0.4, -0.2) is 42.1 Å². The van der Waals surface area contributed by atoms with Gasteiger partial charge in [-0.3, -0.25) is 0 Å². The van der Waals surface area contributed by atoms with Crippen molar-refractivity contribution in [1.82, 2.24) is 5.32 Å². The number of rotatable bonds is 10. The maximum Gasteiger partial charge on any atom is 0.106 e. The summed E-state index contributed by atoms with van der Waals surface area (Å²) in [6.07, 6.45) is 9.24. The van der Waals surface area contributed by atoms with Crippen molar-refractivity contribution < 1.29 is 19.6 Å². The molecular weight excluding hydrogens is 739 g/mol. The molecule has 1 unspecified atom stereocenters. The summed E-state index contributed by atoms with van der Waals surface area (Å²) in [5, 5.41) is 15.1. The lowest BCUT2D eigenvalue weighted by molar-refractivity contribution is -0.272. The van der Waals surface area contributed by atoms with E-state index < -0.39 is 0 Å². The van der Waals surface area contributed by atoms with Gasteiger partial charge < -0.3 is 15.2 Å². The zero-order valence-corrected chi connectivity index (χ0v) is 32.1. The van der Waals surface area contributed by atoms with Crippen molar-refractivity contribution in [3.8, 4) is 0 Å². The van der Waals surface area contributed by atoms with Crippen LogP contribution in [0.1, 0.15) is 72.8 Å². The fourth-order valence-electron chi connectivity index (χ4n) is 7.97. The first kappa shape index (κ1) is 34.8. The van der Waals surface area contributed by atoms with Gasteiger partial charge in [0.05, 0.1) is 60.7 Å². The van der Waals surface area contributed by atoms with Gasteiger partial charge in [0.15, 0.2) is 0 Å². The first-order valence-electron chi connectivity index (χ1n) is 17.6. The molecule has 0 radical (unpaired) electrons. The number of hydrogen-bond donors (Lipinski definition) is 2. The Labute approximate surface area is 308 Å². The number of halogens is 1. The van der Waals surface area contributed by atoms with Gasteiger partial charge in [0, 0.05) is 49.9 Å². The van der Waals surface area contributed by atoms with E-state index in [0.29, 0.717) is 31.3 Å². The normalized spacial score (nSPS) is 23.4. The lowest BCUT2D eigenvalue weighted by Gasteiger charge is -2.17. The largest absolute Gasteiger partial charge is 0.511 e. The molecule has 260 valence electrons. The zero-order chi connectivity index (χ0) is 35.3. The van der Waals surface area contributed by atoms with Gasteiger partial charge in [-0.1, -0.05) is 26.0 Å². The highest BCUT2D eigenvalue weighted by molar-refractivity contribution is 14.1. The van der Waals surface area contributed by atoms with E-state index in [2.05, 4.69) is 112 Å². The summed E-state index contributed by atoms with van der Waals surface area (Å²) in [4.78, 5) is 25.9. The van der Waals surface area contributed by atoms with Gasteiger partial charge in [-0.2, -0.15) is 0 Å². The molecule has 5 aliphatic heterocycles. The standard InChI is InChI=1S/C41H45IN4O4/c1-8-28-21(2)31-19-36-38(25(6)49-20-26-11-9-12-27(42)15-26)23(4)33(44-36)17-32-22(3)29(13-10-14-50-48-7)40(45-32)30-16-37(47)39-24(5)34(46-41(30)39)18-35(28)43-31/h9,11-12,15,17-19,21,25,28,43,47H,8,10,13-14,16,20H2,1-7H3/t21-,25?,28-/m1/s1. The van der Waals surface area contributed by atoms with Crippen LogP contribution in [0, 0.1) is 15.4 Å². The van der Waals surface area contributed by atoms with Crippen molar-refractivity contribution in [3.63, 3.8) is 0 Å². The molecule has 7 rings (SSSR count). The molecule has 3 atom stereocenters. The molecule has 9 heteroatoms. The average Bonchev–Trinajstić information content (AvgIpc) is 3.84. The number of aliphatic hydroxyl groups excluding tert-OH is 1. The summed E-state index contributed by atoms with van der Waals surface area (Å²) in [5.74, 6) is 0.913. The molecule has 0 amide bonds. The van der Waals surface area contributed by atoms with Gasteiger partial charge >= 0.3 is 0 Å². The molecule has 50 heavy (non-hydrogen) atoms. The predicted molar refractivity (Wildman–Crippen MR) is 208 cm³/mol. The number of benzene rings is 1. The number of nitrogens with zero attached hydrogens (tertiary/aromatic N) is 3. The van der Waals surface area contributed by atoms with Crippen molar-refractivity contribution in [1.29, 1.82) is 0 Å². The molecule has 0 saturated carbocycles. The van der Waals surface area contributed by atoms with Crippen molar-refractivity contribution in [2.24, 2.45) is 26.8 Å². The maximum atomic E-state index is 11.3. The Bertz CT molecular complexity index is 2020. The van der Waals surface area contributed by atoms with Gasteiger partial charge in [-0.15, -0.1) is 0 Å². The van der Waals surface area contributed by atoms with Crippen LogP contribution in [0.15, 0.2) is 131 Å². The highest BCUT2D eigenvalue weighted by Gasteiger charge is 2.39. The van der Waals surface area contributed by atoms with E-state index in [9.17, 15) is 5.11 Å². The van der Waals surface area contributed by atoms with Crippen LogP contribution < -0.4 is 5.32 Å². The molecule has 8 nitrogen and oxygen atoms in total. The number of hydrogen-bond acceptors (Lipinski definition) is 8. The highest BCUT2D eigenvalue weighted by Crippen LogP contribution is 2.46. The summed E-state index contributed by atoms with van der Waals surface area (Å²) in [6, 6.07) is 8.44. The quantitative estimate of drug-likeness (QED) is 0.107. The number of fused-ring (bicyclic) bond motifs is 5. The second-order valence-electron chi connectivity index (χ2n) is 13.8. The molecule has 5 heterocycles. The number of nitrogens with one attached hydrogen (secondary N) is 1. The highest BCUT2D eigenvalue weighted by atomic mass is 127. The summed E-state index contributed by atoms with van der Waals surface area (Å²) in [5.41, 5.74) is 15.9. The Morgan fingerprint density at radius 3 is 2.60 bits per heavy atom. The molecule has 1 aromatic carbocycles. The maximum absolute atomic E-state index is 11.3. The molecule has 6 aliphatic rings. The SMILES string of the molecule is CC[C@H]1C2=CC3=C(C)C4=C(O)CC(=C5N=C(C=C6N=C(C=C(N2)[C@@H]1C)C(C(C)OCc1cccc(I)c1)=C6C)C(C)=C5CCCOOC)C4=N3. The third kappa shape index (κ3) is 6.27. The van der Waals surface area contributed by atoms with E-state index in [-0.39, 0.29) is 12.0 Å². The van der Waals surface area contributed by atoms with Crippen LogP contribution in [-0.2, 0) is 21.1 Å². The van der Waals surface area contributed by atoms with Gasteiger partial charge in [0.25, 0.3) is 0 Å². The molecule has 1 fully saturated rings. The third-order valence-corrected chi connectivity index (χ3v) is 11.4. The van der Waals surface area contributed by atoms with Crippen LogP contribution in [0.4, 0.5) is 0 Å². The van der Waals surface area contributed by atoms with E-state index >= 15 is 0 Å². The van der Waals surface area contributed by atoms with Crippen LogP contribution in [0.25, 0.3) is 0 Å². The van der Waals surface area contributed by atoms with Gasteiger partial charge in [-0.05, 0) is 128 Å². The Kier molecular flexibility index (Phi) is 9.86. The van der Waals surface area contributed by atoms with Crippen LogP contribution in [0.2, 0.25) is 0 Å². The van der Waals surface area contributed by atoms with Gasteiger partial charge in [0.1, 0.15) is 5.76 Å². The third-order valence-electron chi connectivity index (χ3n) is 10.7. The minimum absolute atomic E-state index is 0.189. The number of aliphatic imine (C=N–C) groups is 3. The first-order valence-corrected chi connectivity index (χ1v) is 18.7. The Morgan fingerprint density at radius 1 is 1.02 bits per heavy atom.